The number of morpholine rings is 1. The van der Waals surface area contributed by atoms with Gasteiger partial charge in [-0.1, -0.05) is 18.2 Å². The Morgan fingerprint density at radius 1 is 1.17 bits per heavy atom. The first-order valence-corrected chi connectivity index (χ1v) is 10.3. The lowest BCUT2D eigenvalue weighted by Crippen LogP contribution is -2.42. The summed E-state index contributed by atoms with van der Waals surface area (Å²) in [5.41, 5.74) is 1.10. The highest BCUT2D eigenvalue weighted by Crippen LogP contribution is 2.33. The Hall–Kier alpha value is -3.00. The van der Waals surface area contributed by atoms with E-state index in [9.17, 15) is 9.59 Å². The number of carbonyl (C=O) groups is 2. The maximum atomic E-state index is 13.1. The first-order chi connectivity index (χ1) is 14.6. The highest BCUT2D eigenvalue weighted by molar-refractivity contribution is 5.95. The fraction of sp³-hybridized carbons (Fsp3) is 0.455. The summed E-state index contributed by atoms with van der Waals surface area (Å²) in [6, 6.07) is 9.02. The van der Waals surface area contributed by atoms with Crippen molar-refractivity contribution in [3.8, 4) is 5.75 Å². The summed E-state index contributed by atoms with van der Waals surface area (Å²) in [5, 5.41) is 0. The van der Waals surface area contributed by atoms with Crippen LogP contribution in [0.5, 0.6) is 5.75 Å². The Morgan fingerprint density at radius 2 is 1.93 bits per heavy atom. The Labute approximate surface area is 175 Å². The predicted molar refractivity (Wildman–Crippen MR) is 109 cm³/mol. The highest BCUT2D eigenvalue weighted by Gasteiger charge is 2.35. The van der Waals surface area contributed by atoms with Crippen LogP contribution in [0.4, 0.5) is 0 Å². The summed E-state index contributed by atoms with van der Waals surface area (Å²) in [6.45, 7) is 4.52. The number of carbonyl (C=O) groups excluding carboxylic acids is 2. The molecule has 2 amide bonds. The van der Waals surface area contributed by atoms with E-state index < -0.39 is 0 Å². The third-order valence-corrected chi connectivity index (χ3v) is 5.46. The highest BCUT2D eigenvalue weighted by atomic mass is 16.5. The molecular formula is C22H26N4O4. The number of likely N-dealkylation sites (tertiary alicyclic amines) is 1. The van der Waals surface area contributed by atoms with Crippen molar-refractivity contribution < 1.29 is 19.1 Å². The average molecular weight is 410 g/mol. The first kappa shape index (κ1) is 20.3. The van der Waals surface area contributed by atoms with Gasteiger partial charge in [-0.2, -0.15) is 0 Å². The zero-order chi connectivity index (χ0) is 20.9. The summed E-state index contributed by atoms with van der Waals surface area (Å²) >= 11 is 0. The topological polar surface area (TPSA) is 84.9 Å². The number of hydrogen-bond donors (Lipinski definition) is 0. The summed E-state index contributed by atoms with van der Waals surface area (Å²) in [7, 11) is 0. The molecule has 2 aliphatic heterocycles. The molecular weight excluding hydrogens is 384 g/mol. The van der Waals surface area contributed by atoms with Crippen molar-refractivity contribution >= 4 is 11.8 Å². The van der Waals surface area contributed by atoms with Gasteiger partial charge in [0.05, 0.1) is 30.5 Å². The third kappa shape index (κ3) is 4.43. The van der Waals surface area contributed by atoms with E-state index in [1.807, 2.05) is 30.3 Å². The smallest absolute Gasteiger partial charge is 0.261 e. The lowest BCUT2D eigenvalue weighted by atomic mass is 10.0. The van der Waals surface area contributed by atoms with E-state index in [2.05, 4.69) is 9.97 Å². The van der Waals surface area contributed by atoms with Crippen LogP contribution in [-0.2, 0) is 9.53 Å². The third-order valence-electron chi connectivity index (χ3n) is 5.46. The summed E-state index contributed by atoms with van der Waals surface area (Å²) in [6.07, 6.45) is 3.21. The molecule has 2 aliphatic rings. The van der Waals surface area contributed by atoms with Gasteiger partial charge in [-0.3, -0.25) is 9.59 Å². The van der Waals surface area contributed by atoms with E-state index in [1.165, 1.54) is 0 Å². The number of amides is 2. The van der Waals surface area contributed by atoms with Crippen LogP contribution in [-0.4, -0.2) is 71.0 Å². The van der Waals surface area contributed by atoms with Crippen molar-refractivity contribution in [2.24, 2.45) is 0 Å². The van der Waals surface area contributed by atoms with Crippen LogP contribution < -0.4 is 4.74 Å². The second kappa shape index (κ2) is 9.21. The normalized spacial score (nSPS) is 19.0. The zero-order valence-corrected chi connectivity index (χ0v) is 17.1. The number of rotatable bonds is 5. The molecule has 0 spiro atoms. The van der Waals surface area contributed by atoms with Crippen molar-refractivity contribution in [3.63, 3.8) is 0 Å². The molecule has 8 nitrogen and oxygen atoms in total. The maximum absolute atomic E-state index is 13.1. The van der Waals surface area contributed by atoms with Gasteiger partial charge in [-0.05, 0) is 31.9 Å². The molecule has 3 heterocycles. The van der Waals surface area contributed by atoms with Gasteiger partial charge in [0, 0.05) is 25.8 Å². The number of aryl methyl sites for hydroxylation is 1. The molecule has 2 aromatic rings. The lowest BCUT2D eigenvalue weighted by molar-refractivity contribution is -0.134. The molecule has 0 bridgehead atoms. The fourth-order valence-corrected chi connectivity index (χ4v) is 3.94. The molecule has 1 aromatic heterocycles. The summed E-state index contributed by atoms with van der Waals surface area (Å²) in [4.78, 5) is 38.4. The van der Waals surface area contributed by atoms with Crippen LogP contribution in [0.15, 0.2) is 36.5 Å². The standard InChI is InChI=1S/C22H26N4O4/c1-16-23-14-18(22(28)25-10-12-29-13-11-25)21(24-16)19-8-5-9-26(19)20(27)15-30-17-6-3-2-4-7-17/h2-4,6-7,14,19H,5,8-13,15H2,1H3. The Balaban J connectivity index is 1.53. The second-order valence-corrected chi connectivity index (χ2v) is 7.47. The minimum Gasteiger partial charge on any atom is -0.484 e. The van der Waals surface area contributed by atoms with E-state index >= 15 is 0 Å². The SMILES string of the molecule is Cc1ncc(C(=O)N2CCOCC2)c(C2CCCN2C(=O)COc2ccccc2)n1. The summed E-state index contributed by atoms with van der Waals surface area (Å²) in [5.74, 6) is 1.03. The molecule has 1 atom stereocenters. The largest absolute Gasteiger partial charge is 0.484 e. The van der Waals surface area contributed by atoms with Crippen LogP contribution >= 0.6 is 0 Å². The first-order valence-electron chi connectivity index (χ1n) is 10.3. The van der Waals surface area contributed by atoms with Gasteiger partial charge < -0.3 is 19.3 Å². The summed E-state index contributed by atoms with van der Waals surface area (Å²) < 4.78 is 11.0. The monoisotopic (exact) mass is 410 g/mol. The molecule has 2 fully saturated rings. The predicted octanol–water partition coefficient (Wildman–Crippen LogP) is 2.00. The van der Waals surface area contributed by atoms with E-state index in [1.54, 1.807) is 22.9 Å². The van der Waals surface area contributed by atoms with E-state index in [4.69, 9.17) is 9.47 Å². The number of benzene rings is 1. The zero-order valence-electron chi connectivity index (χ0n) is 17.1. The molecule has 2 saturated heterocycles. The van der Waals surface area contributed by atoms with E-state index in [0.29, 0.717) is 55.7 Å². The quantitative estimate of drug-likeness (QED) is 0.750. The van der Waals surface area contributed by atoms with Crippen molar-refractivity contribution in [2.45, 2.75) is 25.8 Å². The number of para-hydroxylation sites is 1. The molecule has 0 saturated carbocycles. The second-order valence-electron chi connectivity index (χ2n) is 7.47. The van der Waals surface area contributed by atoms with Gasteiger partial charge in [-0.15, -0.1) is 0 Å². The van der Waals surface area contributed by atoms with Crippen LogP contribution in [0.2, 0.25) is 0 Å². The molecule has 0 aliphatic carbocycles. The molecule has 30 heavy (non-hydrogen) atoms. The Bertz CT molecular complexity index is 899. The van der Waals surface area contributed by atoms with Gasteiger partial charge in [0.1, 0.15) is 11.6 Å². The van der Waals surface area contributed by atoms with Gasteiger partial charge in [0.15, 0.2) is 6.61 Å². The molecule has 0 N–H and O–H groups in total. The molecule has 1 unspecified atom stereocenters. The lowest BCUT2D eigenvalue weighted by Gasteiger charge is -2.29. The molecule has 4 rings (SSSR count). The number of ether oxygens (including phenoxy) is 2. The van der Waals surface area contributed by atoms with Crippen molar-refractivity contribution in [2.75, 3.05) is 39.5 Å². The van der Waals surface area contributed by atoms with Gasteiger partial charge in [0.2, 0.25) is 0 Å². The molecule has 8 heteroatoms. The number of nitrogens with zero attached hydrogens (tertiary/aromatic N) is 4. The Morgan fingerprint density at radius 3 is 2.70 bits per heavy atom. The fourth-order valence-electron chi connectivity index (χ4n) is 3.94. The van der Waals surface area contributed by atoms with Gasteiger partial charge >= 0.3 is 0 Å². The van der Waals surface area contributed by atoms with Crippen LogP contribution in [0.25, 0.3) is 0 Å². The molecule has 158 valence electrons. The van der Waals surface area contributed by atoms with E-state index in [0.717, 1.165) is 12.8 Å². The van der Waals surface area contributed by atoms with Crippen LogP contribution in [0, 0.1) is 6.92 Å². The molecule has 1 aromatic carbocycles. The maximum Gasteiger partial charge on any atom is 0.261 e. The Kier molecular flexibility index (Phi) is 6.23. The minimum absolute atomic E-state index is 0.0443. The van der Waals surface area contributed by atoms with Gasteiger partial charge in [-0.25, -0.2) is 9.97 Å². The van der Waals surface area contributed by atoms with E-state index in [-0.39, 0.29) is 24.5 Å². The average Bonchev–Trinajstić information content (AvgIpc) is 3.28. The van der Waals surface area contributed by atoms with Crippen molar-refractivity contribution in [3.05, 3.63) is 53.6 Å². The van der Waals surface area contributed by atoms with Crippen LogP contribution in [0.3, 0.4) is 0 Å². The van der Waals surface area contributed by atoms with Crippen molar-refractivity contribution in [1.29, 1.82) is 0 Å². The van der Waals surface area contributed by atoms with Crippen molar-refractivity contribution in [1.82, 2.24) is 19.8 Å². The molecule has 0 radical (unpaired) electrons. The van der Waals surface area contributed by atoms with Crippen LogP contribution in [0.1, 0.15) is 40.8 Å². The minimum atomic E-state index is -0.251. The number of aromatic nitrogens is 2. The van der Waals surface area contributed by atoms with Gasteiger partial charge in [0.25, 0.3) is 11.8 Å². The number of hydrogen-bond acceptors (Lipinski definition) is 6.